The molecule has 5 rings (SSSR count). The Hall–Kier alpha value is -4.37. The molecule has 0 saturated heterocycles. The summed E-state index contributed by atoms with van der Waals surface area (Å²) in [6.07, 6.45) is 1.54. The molecule has 0 aliphatic carbocycles. The van der Waals surface area contributed by atoms with E-state index in [2.05, 4.69) is 10.5 Å². The van der Waals surface area contributed by atoms with Gasteiger partial charge in [0.05, 0.1) is 39.6 Å². The number of benzene rings is 4. The van der Waals surface area contributed by atoms with Gasteiger partial charge in [0.1, 0.15) is 0 Å². The summed E-state index contributed by atoms with van der Waals surface area (Å²) in [7, 11) is -4.02. The van der Waals surface area contributed by atoms with Gasteiger partial charge in [-0.2, -0.15) is 5.10 Å². The number of sulfonamides is 1. The molecule has 218 valence electrons. The highest BCUT2D eigenvalue weighted by Crippen LogP contribution is 2.30. The van der Waals surface area contributed by atoms with Crippen molar-refractivity contribution in [1.29, 1.82) is 0 Å². The van der Waals surface area contributed by atoms with Crippen LogP contribution in [0.2, 0.25) is 10.0 Å². The maximum Gasteiger partial charge on any atom is 0.273 e. The van der Waals surface area contributed by atoms with E-state index in [1.165, 1.54) is 16.4 Å². The molecular formula is C33H28Cl2N4O3S. The number of carbonyl (C=O) groups excluding carboxylic acids is 1. The van der Waals surface area contributed by atoms with E-state index in [0.29, 0.717) is 10.0 Å². The summed E-state index contributed by atoms with van der Waals surface area (Å²) in [5.41, 5.74) is 6.98. The van der Waals surface area contributed by atoms with Crippen molar-refractivity contribution in [2.24, 2.45) is 5.10 Å². The van der Waals surface area contributed by atoms with E-state index in [-0.39, 0.29) is 22.7 Å². The maximum absolute atomic E-state index is 13.9. The number of aryl methyl sites for hydroxylation is 1. The molecule has 0 bridgehead atoms. The van der Waals surface area contributed by atoms with Crippen molar-refractivity contribution >= 4 is 51.0 Å². The SMILES string of the molecule is Cc1cc(/C=N\NC(=O)c2ccccc2N(Cc2ccccc2)S(=O)(=O)c2ccccc2)c(C)n1-c1cc(Cl)ccc1Cl. The third kappa shape index (κ3) is 6.51. The summed E-state index contributed by atoms with van der Waals surface area (Å²) in [4.78, 5) is 13.6. The molecule has 1 amide bonds. The summed E-state index contributed by atoms with van der Waals surface area (Å²) in [6, 6.07) is 31.1. The Morgan fingerprint density at radius 3 is 2.26 bits per heavy atom. The Labute approximate surface area is 261 Å². The highest BCUT2D eigenvalue weighted by molar-refractivity contribution is 7.92. The largest absolute Gasteiger partial charge is 0.316 e. The minimum Gasteiger partial charge on any atom is -0.316 e. The molecule has 0 aliphatic rings. The van der Waals surface area contributed by atoms with Crippen LogP contribution in [-0.4, -0.2) is 25.1 Å². The zero-order valence-electron chi connectivity index (χ0n) is 23.4. The second-order valence-electron chi connectivity index (χ2n) is 9.78. The number of para-hydroxylation sites is 1. The fraction of sp³-hybridized carbons (Fsp3) is 0.0909. The third-order valence-corrected chi connectivity index (χ3v) is 9.24. The molecule has 0 fully saturated rings. The molecule has 0 aliphatic heterocycles. The van der Waals surface area contributed by atoms with E-state index < -0.39 is 15.9 Å². The van der Waals surface area contributed by atoms with Crippen molar-refractivity contribution in [3.8, 4) is 5.69 Å². The summed E-state index contributed by atoms with van der Waals surface area (Å²) in [5.74, 6) is -0.556. The summed E-state index contributed by atoms with van der Waals surface area (Å²) < 4.78 is 31.0. The van der Waals surface area contributed by atoms with Crippen LogP contribution in [0.3, 0.4) is 0 Å². The number of nitrogens with zero attached hydrogens (tertiary/aromatic N) is 3. The Morgan fingerprint density at radius 1 is 0.884 bits per heavy atom. The van der Waals surface area contributed by atoms with Crippen LogP contribution in [0.15, 0.2) is 119 Å². The molecule has 0 radical (unpaired) electrons. The smallest absolute Gasteiger partial charge is 0.273 e. The Kier molecular flexibility index (Phi) is 9.01. The molecule has 5 aromatic rings. The van der Waals surface area contributed by atoms with Crippen molar-refractivity contribution in [3.05, 3.63) is 147 Å². The fourth-order valence-corrected chi connectivity index (χ4v) is 6.68. The molecule has 10 heteroatoms. The first kappa shape index (κ1) is 30.1. The van der Waals surface area contributed by atoms with Gasteiger partial charge in [0.2, 0.25) is 0 Å². The van der Waals surface area contributed by atoms with Crippen LogP contribution < -0.4 is 9.73 Å². The van der Waals surface area contributed by atoms with Crippen molar-refractivity contribution < 1.29 is 13.2 Å². The summed E-state index contributed by atoms with van der Waals surface area (Å²) in [5, 5.41) is 5.31. The average Bonchev–Trinajstić information content (AvgIpc) is 3.30. The molecule has 1 N–H and O–H groups in total. The lowest BCUT2D eigenvalue weighted by Gasteiger charge is -2.26. The zero-order valence-corrected chi connectivity index (χ0v) is 25.7. The molecule has 0 spiro atoms. The standard InChI is InChI=1S/C33H28Cl2N4O3S/c1-23-19-26(24(2)39(23)32-20-27(34)17-18-30(32)35)21-36-37-33(40)29-15-9-10-16-31(29)38(22-25-11-5-3-6-12-25)43(41,42)28-13-7-4-8-14-28/h3-21H,22H2,1-2H3,(H,37,40)/b36-21-. The molecule has 1 heterocycles. The molecule has 43 heavy (non-hydrogen) atoms. The van der Waals surface area contributed by atoms with E-state index in [1.54, 1.807) is 66.9 Å². The highest BCUT2D eigenvalue weighted by Gasteiger charge is 2.28. The topological polar surface area (TPSA) is 83.8 Å². The number of hydrogen-bond donors (Lipinski definition) is 1. The molecular weight excluding hydrogens is 603 g/mol. The molecule has 1 aromatic heterocycles. The third-order valence-electron chi connectivity index (χ3n) is 6.91. The lowest BCUT2D eigenvalue weighted by atomic mass is 10.1. The first-order chi connectivity index (χ1) is 20.7. The van der Waals surface area contributed by atoms with Gasteiger partial charge in [-0.3, -0.25) is 9.10 Å². The van der Waals surface area contributed by atoms with Gasteiger partial charge in [-0.25, -0.2) is 13.8 Å². The van der Waals surface area contributed by atoms with Gasteiger partial charge in [-0.15, -0.1) is 0 Å². The Morgan fingerprint density at radius 2 is 1.53 bits per heavy atom. The van der Waals surface area contributed by atoms with Gasteiger partial charge in [0, 0.05) is 22.0 Å². The number of hydrogen-bond acceptors (Lipinski definition) is 4. The van der Waals surface area contributed by atoms with Crippen LogP contribution in [-0.2, 0) is 16.6 Å². The monoisotopic (exact) mass is 630 g/mol. The van der Waals surface area contributed by atoms with E-state index in [0.717, 1.165) is 28.2 Å². The van der Waals surface area contributed by atoms with Crippen LogP contribution in [0.5, 0.6) is 0 Å². The number of halogens is 2. The van der Waals surface area contributed by atoms with E-state index in [9.17, 15) is 13.2 Å². The van der Waals surface area contributed by atoms with Crippen LogP contribution in [0, 0.1) is 13.8 Å². The fourth-order valence-electron chi connectivity index (χ4n) is 4.82. The lowest BCUT2D eigenvalue weighted by molar-refractivity contribution is 0.0955. The van der Waals surface area contributed by atoms with E-state index in [1.807, 2.05) is 54.8 Å². The number of amides is 1. The minimum absolute atomic E-state index is 0.0314. The number of hydrazone groups is 1. The normalized spacial score (nSPS) is 11.5. The van der Waals surface area contributed by atoms with Crippen LogP contribution in [0.4, 0.5) is 5.69 Å². The van der Waals surface area contributed by atoms with Gasteiger partial charge in [-0.05, 0) is 67.9 Å². The van der Waals surface area contributed by atoms with Crippen LogP contribution in [0.1, 0.15) is 32.9 Å². The number of anilines is 1. The first-order valence-electron chi connectivity index (χ1n) is 13.4. The highest BCUT2D eigenvalue weighted by atomic mass is 35.5. The second-order valence-corrected chi connectivity index (χ2v) is 12.5. The van der Waals surface area contributed by atoms with Gasteiger partial charge in [0.15, 0.2) is 0 Å². The van der Waals surface area contributed by atoms with Crippen LogP contribution >= 0.6 is 23.2 Å². The zero-order chi connectivity index (χ0) is 30.6. The van der Waals surface area contributed by atoms with Gasteiger partial charge >= 0.3 is 0 Å². The van der Waals surface area contributed by atoms with Crippen molar-refractivity contribution in [2.75, 3.05) is 4.31 Å². The molecule has 7 nitrogen and oxygen atoms in total. The van der Waals surface area contributed by atoms with Crippen LogP contribution in [0.25, 0.3) is 5.69 Å². The van der Waals surface area contributed by atoms with Crippen molar-refractivity contribution in [3.63, 3.8) is 0 Å². The Bertz CT molecular complexity index is 1910. The second kappa shape index (κ2) is 12.9. The minimum atomic E-state index is -4.02. The van der Waals surface area contributed by atoms with Gasteiger partial charge < -0.3 is 4.57 Å². The molecule has 0 saturated carbocycles. The summed E-state index contributed by atoms with van der Waals surface area (Å²) >= 11 is 12.7. The van der Waals surface area contributed by atoms with Gasteiger partial charge in [-0.1, -0.05) is 83.9 Å². The number of nitrogens with one attached hydrogen (secondary N) is 1. The molecule has 4 aromatic carbocycles. The van der Waals surface area contributed by atoms with E-state index >= 15 is 0 Å². The predicted molar refractivity (Wildman–Crippen MR) is 173 cm³/mol. The number of aromatic nitrogens is 1. The van der Waals surface area contributed by atoms with E-state index in [4.69, 9.17) is 23.2 Å². The van der Waals surface area contributed by atoms with Crippen molar-refractivity contribution in [1.82, 2.24) is 9.99 Å². The first-order valence-corrected chi connectivity index (χ1v) is 15.5. The number of rotatable bonds is 9. The number of carbonyl (C=O) groups is 1. The molecule has 0 unspecified atom stereocenters. The predicted octanol–water partition coefficient (Wildman–Crippen LogP) is 7.56. The molecule has 0 atom stereocenters. The summed E-state index contributed by atoms with van der Waals surface area (Å²) in [6.45, 7) is 3.88. The van der Waals surface area contributed by atoms with Gasteiger partial charge in [0.25, 0.3) is 15.9 Å². The Balaban J connectivity index is 1.45. The maximum atomic E-state index is 13.9. The quantitative estimate of drug-likeness (QED) is 0.135. The average molecular weight is 632 g/mol. The lowest BCUT2D eigenvalue weighted by Crippen LogP contribution is -2.33. The van der Waals surface area contributed by atoms with Crippen molar-refractivity contribution in [2.45, 2.75) is 25.3 Å².